The maximum absolute atomic E-state index is 12.0. The minimum atomic E-state index is -0.150. The number of carbonyl (C=O) groups excluding carboxylic acids is 1. The minimum absolute atomic E-state index is 0.150. The molecule has 1 amide bonds. The van der Waals surface area contributed by atoms with E-state index in [9.17, 15) is 4.79 Å². The molecule has 2 fully saturated rings. The largest absolute Gasteiger partial charge is 0.494 e. The molecule has 0 aromatic heterocycles. The summed E-state index contributed by atoms with van der Waals surface area (Å²) in [5, 5.41) is 4.33. The molecule has 20 heavy (non-hydrogen) atoms. The molecule has 2 aliphatic carbocycles. The van der Waals surface area contributed by atoms with Crippen molar-refractivity contribution in [2.75, 3.05) is 6.61 Å². The SMILES string of the molecule is CCOc1ccc(C(=O)NN=C2CC3CCC2C3)cc1. The van der Waals surface area contributed by atoms with E-state index in [4.69, 9.17) is 4.74 Å². The normalized spacial score (nSPS) is 25.9. The van der Waals surface area contributed by atoms with Crippen molar-refractivity contribution in [1.82, 2.24) is 5.43 Å². The first-order valence-electron chi connectivity index (χ1n) is 7.36. The molecule has 1 aromatic carbocycles. The lowest BCUT2D eigenvalue weighted by Gasteiger charge is -2.11. The van der Waals surface area contributed by atoms with E-state index in [0.29, 0.717) is 18.1 Å². The second-order valence-electron chi connectivity index (χ2n) is 5.58. The molecule has 106 valence electrons. The maximum atomic E-state index is 12.0. The Hall–Kier alpha value is -1.84. The number of benzene rings is 1. The third kappa shape index (κ3) is 2.69. The van der Waals surface area contributed by atoms with Crippen LogP contribution in [0.3, 0.4) is 0 Å². The molecule has 0 heterocycles. The van der Waals surface area contributed by atoms with Crippen molar-refractivity contribution in [1.29, 1.82) is 0 Å². The fourth-order valence-electron chi connectivity index (χ4n) is 3.22. The quantitative estimate of drug-likeness (QED) is 0.857. The fourth-order valence-corrected chi connectivity index (χ4v) is 3.22. The highest BCUT2D eigenvalue weighted by Gasteiger charge is 2.36. The van der Waals surface area contributed by atoms with Crippen molar-refractivity contribution in [2.45, 2.75) is 32.6 Å². The summed E-state index contributed by atoms with van der Waals surface area (Å²) in [5.74, 6) is 2.05. The van der Waals surface area contributed by atoms with E-state index in [2.05, 4.69) is 10.5 Å². The Labute approximate surface area is 119 Å². The molecule has 2 atom stereocenters. The van der Waals surface area contributed by atoms with Crippen molar-refractivity contribution in [3.05, 3.63) is 29.8 Å². The third-order valence-corrected chi connectivity index (χ3v) is 4.24. The Bertz CT molecular complexity index is 522. The molecule has 2 unspecified atom stereocenters. The van der Waals surface area contributed by atoms with Crippen LogP contribution in [0.1, 0.15) is 43.0 Å². The van der Waals surface area contributed by atoms with Crippen LogP contribution >= 0.6 is 0 Å². The van der Waals surface area contributed by atoms with E-state index in [0.717, 1.165) is 18.1 Å². The van der Waals surface area contributed by atoms with Gasteiger partial charge in [-0.1, -0.05) is 0 Å². The molecule has 1 aromatic rings. The molecule has 2 saturated carbocycles. The molecule has 4 nitrogen and oxygen atoms in total. The van der Waals surface area contributed by atoms with Gasteiger partial charge in [-0.3, -0.25) is 4.79 Å². The van der Waals surface area contributed by atoms with E-state index < -0.39 is 0 Å². The minimum Gasteiger partial charge on any atom is -0.494 e. The standard InChI is InChI=1S/C16H20N2O2/c1-2-20-14-7-5-12(6-8-14)16(19)18-17-15-10-11-3-4-13(15)9-11/h5-8,11,13H,2-4,9-10H2,1H3,(H,18,19). The van der Waals surface area contributed by atoms with Crippen LogP contribution in [0.25, 0.3) is 0 Å². The predicted octanol–water partition coefficient (Wildman–Crippen LogP) is 2.99. The van der Waals surface area contributed by atoms with E-state index in [1.807, 2.05) is 19.1 Å². The first-order chi connectivity index (χ1) is 9.76. The van der Waals surface area contributed by atoms with Gasteiger partial charge in [0.1, 0.15) is 5.75 Å². The van der Waals surface area contributed by atoms with Crippen molar-refractivity contribution in [2.24, 2.45) is 16.9 Å². The molecule has 1 N–H and O–H groups in total. The van der Waals surface area contributed by atoms with E-state index in [-0.39, 0.29) is 5.91 Å². The van der Waals surface area contributed by atoms with Gasteiger partial charge in [0.25, 0.3) is 5.91 Å². The molecule has 0 aliphatic heterocycles. The zero-order chi connectivity index (χ0) is 13.9. The average molecular weight is 272 g/mol. The summed E-state index contributed by atoms with van der Waals surface area (Å²) in [6.07, 6.45) is 4.89. The number of fused-ring (bicyclic) bond motifs is 2. The number of amides is 1. The zero-order valence-electron chi connectivity index (χ0n) is 11.8. The van der Waals surface area contributed by atoms with Gasteiger partial charge in [-0.25, -0.2) is 5.43 Å². The predicted molar refractivity (Wildman–Crippen MR) is 78.0 cm³/mol. The maximum Gasteiger partial charge on any atom is 0.271 e. The molecule has 3 rings (SSSR count). The molecular weight excluding hydrogens is 252 g/mol. The van der Waals surface area contributed by atoms with E-state index >= 15 is 0 Å². The summed E-state index contributed by atoms with van der Waals surface area (Å²) < 4.78 is 5.36. The van der Waals surface area contributed by atoms with Crippen LogP contribution in [-0.4, -0.2) is 18.2 Å². The lowest BCUT2D eigenvalue weighted by Crippen LogP contribution is -2.21. The average Bonchev–Trinajstić information content (AvgIpc) is 3.08. The first kappa shape index (κ1) is 13.2. The third-order valence-electron chi connectivity index (χ3n) is 4.24. The molecule has 0 spiro atoms. The first-order valence-corrected chi connectivity index (χ1v) is 7.36. The number of carbonyl (C=O) groups is 1. The van der Waals surface area contributed by atoms with Gasteiger partial charge in [0.2, 0.25) is 0 Å². The summed E-state index contributed by atoms with van der Waals surface area (Å²) in [4.78, 5) is 12.0. The summed E-state index contributed by atoms with van der Waals surface area (Å²) in [7, 11) is 0. The molecule has 2 bridgehead atoms. The van der Waals surface area contributed by atoms with E-state index in [1.165, 1.54) is 25.0 Å². The molecule has 2 aliphatic rings. The molecular formula is C16H20N2O2. The Morgan fingerprint density at radius 3 is 2.75 bits per heavy atom. The number of hydrogen-bond acceptors (Lipinski definition) is 3. The highest BCUT2D eigenvalue weighted by Crippen LogP contribution is 2.42. The van der Waals surface area contributed by atoms with Gasteiger partial charge >= 0.3 is 0 Å². The number of nitrogens with zero attached hydrogens (tertiary/aromatic N) is 1. The Balaban J connectivity index is 1.60. The second kappa shape index (κ2) is 5.65. The van der Waals surface area contributed by atoms with Gasteiger partial charge in [-0.05, 0) is 68.7 Å². The van der Waals surface area contributed by atoms with Crippen LogP contribution in [0, 0.1) is 11.8 Å². The lowest BCUT2D eigenvalue weighted by molar-refractivity contribution is 0.0954. The summed E-state index contributed by atoms with van der Waals surface area (Å²) >= 11 is 0. The van der Waals surface area contributed by atoms with Crippen LogP contribution in [-0.2, 0) is 0 Å². The fraction of sp³-hybridized carbons (Fsp3) is 0.500. The van der Waals surface area contributed by atoms with Crippen molar-refractivity contribution in [3.8, 4) is 5.75 Å². The van der Waals surface area contributed by atoms with Gasteiger partial charge in [0, 0.05) is 11.3 Å². The van der Waals surface area contributed by atoms with Crippen molar-refractivity contribution >= 4 is 11.6 Å². The van der Waals surface area contributed by atoms with Gasteiger partial charge in [-0.2, -0.15) is 5.10 Å². The lowest BCUT2D eigenvalue weighted by atomic mass is 9.99. The van der Waals surface area contributed by atoms with Crippen LogP contribution in [0.2, 0.25) is 0 Å². The molecule has 4 heteroatoms. The number of rotatable bonds is 4. The smallest absolute Gasteiger partial charge is 0.271 e. The number of hydrogen-bond donors (Lipinski definition) is 1. The van der Waals surface area contributed by atoms with Crippen LogP contribution < -0.4 is 10.2 Å². The second-order valence-corrected chi connectivity index (χ2v) is 5.58. The molecule has 0 saturated heterocycles. The zero-order valence-corrected chi connectivity index (χ0v) is 11.8. The van der Waals surface area contributed by atoms with E-state index in [1.54, 1.807) is 12.1 Å². The van der Waals surface area contributed by atoms with Crippen LogP contribution in [0.5, 0.6) is 5.75 Å². The summed E-state index contributed by atoms with van der Waals surface area (Å²) in [5.41, 5.74) is 4.48. The Morgan fingerprint density at radius 1 is 1.35 bits per heavy atom. The van der Waals surface area contributed by atoms with Gasteiger partial charge in [0.05, 0.1) is 6.61 Å². The summed E-state index contributed by atoms with van der Waals surface area (Å²) in [6.45, 7) is 2.56. The number of nitrogens with one attached hydrogen (secondary N) is 1. The van der Waals surface area contributed by atoms with Gasteiger partial charge < -0.3 is 4.74 Å². The van der Waals surface area contributed by atoms with Gasteiger partial charge in [0.15, 0.2) is 0 Å². The topological polar surface area (TPSA) is 50.7 Å². The Kier molecular flexibility index (Phi) is 3.72. The van der Waals surface area contributed by atoms with Crippen LogP contribution in [0.15, 0.2) is 29.4 Å². The van der Waals surface area contributed by atoms with Crippen molar-refractivity contribution < 1.29 is 9.53 Å². The Morgan fingerprint density at radius 2 is 2.15 bits per heavy atom. The monoisotopic (exact) mass is 272 g/mol. The van der Waals surface area contributed by atoms with Crippen molar-refractivity contribution in [3.63, 3.8) is 0 Å². The van der Waals surface area contributed by atoms with Crippen LogP contribution in [0.4, 0.5) is 0 Å². The summed E-state index contributed by atoms with van der Waals surface area (Å²) in [6, 6.07) is 7.15. The van der Waals surface area contributed by atoms with Gasteiger partial charge in [-0.15, -0.1) is 0 Å². The highest BCUT2D eigenvalue weighted by atomic mass is 16.5. The number of hydrazone groups is 1. The number of ether oxygens (including phenoxy) is 1. The highest BCUT2D eigenvalue weighted by molar-refractivity contribution is 5.96. The molecule has 0 radical (unpaired) electrons.